The molecule has 0 fully saturated rings. The van der Waals surface area contributed by atoms with Gasteiger partial charge in [0.15, 0.2) is 0 Å². The molecule has 0 radical (unpaired) electrons. The van der Waals surface area contributed by atoms with E-state index >= 15 is 0 Å². The van der Waals surface area contributed by atoms with Crippen LogP contribution >= 0.6 is 11.5 Å². The molecule has 1 amide bonds. The average molecular weight is 234 g/mol. The second kappa shape index (κ2) is 4.71. The minimum atomic E-state index is -0.432. The van der Waals surface area contributed by atoms with Gasteiger partial charge < -0.3 is 11.1 Å². The molecule has 5 nitrogen and oxygen atoms in total. The number of benzene rings is 1. The number of amides is 1. The minimum Gasteiger partial charge on any atom is -0.379 e. The summed E-state index contributed by atoms with van der Waals surface area (Å²) in [6.45, 7) is 0.582. The van der Waals surface area contributed by atoms with Gasteiger partial charge in [-0.05, 0) is 29.7 Å². The van der Waals surface area contributed by atoms with Gasteiger partial charge in [0.05, 0.1) is 12.2 Å². The summed E-state index contributed by atoms with van der Waals surface area (Å²) in [7, 11) is 0. The van der Waals surface area contributed by atoms with E-state index in [-0.39, 0.29) is 0 Å². The summed E-state index contributed by atoms with van der Waals surface area (Å²) < 4.78 is 3.76. The number of aromatic nitrogens is 2. The number of anilines is 1. The fourth-order valence-corrected chi connectivity index (χ4v) is 1.69. The van der Waals surface area contributed by atoms with Crippen LogP contribution in [-0.2, 0) is 6.54 Å². The highest BCUT2D eigenvalue weighted by Gasteiger charge is 2.01. The van der Waals surface area contributed by atoms with Crippen molar-refractivity contribution in [3.05, 3.63) is 40.9 Å². The summed E-state index contributed by atoms with van der Waals surface area (Å²) in [5.74, 6) is -0.432. The fraction of sp³-hybridized carbons (Fsp3) is 0.100. The maximum Gasteiger partial charge on any atom is 0.248 e. The monoisotopic (exact) mass is 234 g/mol. The van der Waals surface area contributed by atoms with Gasteiger partial charge in [-0.3, -0.25) is 4.79 Å². The molecule has 82 valence electrons. The standard InChI is InChI=1S/C10H10N4OS/c11-10(15)7-2-1-3-8(4-7)12-5-9-6-16-14-13-9/h1-4,6,12H,5H2,(H2,11,15). The van der Waals surface area contributed by atoms with Crippen LogP contribution < -0.4 is 11.1 Å². The number of hydrogen-bond donors (Lipinski definition) is 2. The third-order valence-electron chi connectivity index (χ3n) is 2.03. The van der Waals surface area contributed by atoms with Crippen LogP contribution in [0.4, 0.5) is 5.69 Å². The van der Waals surface area contributed by atoms with Crippen molar-refractivity contribution in [1.29, 1.82) is 0 Å². The van der Waals surface area contributed by atoms with Crippen molar-refractivity contribution in [2.75, 3.05) is 5.32 Å². The topological polar surface area (TPSA) is 80.9 Å². The number of hydrogen-bond acceptors (Lipinski definition) is 5. The lowest BCUT2D eigenvalue weighted by Gasteiger charge is -2.04. The molecule has 2 aromatic rings. The van der Waals surface area contributed by atoms with Crippen molar-refractivity contribution in [3.8, 4) is 0 Å². The predicted octanol–water partition coefficient (Wildman–Crippen LogP) is 1.25. The smallest absolute Gasteiger partial charge is 0.248 e. The van der Waals surface area contributed by atoms with Crippen LogP contribution in [0.2, 0.25) is 0 Å². The van der Waals surface area contributed by atoms with E-state index in [4.69, 9.17) is 5.73 Å². The summed E-state index contributed by atoms with van der Waals surface area (Å²) in [4.78, 5) is 11.0. The molecule has 0 saturated carbocycles. The van der Waals surface area contributed by atoms with Gasteiger partial charge in [-0.25, -0.2) is 0 Å². The van der Waals surface area contributed by atoms with Crippen molar-refractivity contribution in [2.24, 2.45) is 5.73 Å². The van der Waals surface area contributed by atoms with Gasteiger partial charge in [0.2, 0.25) is 5.91 Å². The molecular weight excluding hydrogens is 224 g/mol. The molecule has 16 heavy (non-hydrogen) atoms. The Bertz CT molecular complexity index is 483. The van der Waals surface area contributed by atoms with E-state index in [1.165, 1.54) is 11.5 Å². The Labute approximate surface area is 96.5 Å². The zero-order valence-electron chi connectivity index (χ0n) is 8.38. The molecule has 1 heterocycles. The van der Waals surface area contributed by atoms with Gasteiger partial charge in [0.1, 0.15) is 0 Å². The van der Waals surface area contributed by atoms with E-state index in [0.29, 0.717) is 12.1 Å². The average Bonchev–Trinajstić information content (AvgIpc) is 2.79. The predicted molar refractivity (Wildman–Crippen MR) is 62.2 cm³/mol. The molecule has 1 aromatic heterocycles. The Morgan fingerprint density at radius 1 is 1.50 bits per heavy atom. The third kappa shape index (κ3) is 2.54. The van der Waals surface area contributed by atoms with Crippen molar-refractivity contribution in [2.45, 2.75) is 6.54 Å². The molecular formula is C10H10N4OS. The lowest BCUT2D eigenvalue weighted by Crippen LogP contribution is -2.11. The summed E-state index contributed by atoms with van der Waals surface area (Å²) in [6, 6.07) is 7.04. The van der Waals surface area contributed by atoms with Gasteiger partial charge in [-0.1, -0.05) is 10.6 Å². The first-order valence-electron chi connectivity index (χ1n) is 4.65. The molecule has 0 unspecified atom stereocenters. The third-order valence-corrected chi connectivity index (χ3v) is 2.58. The quantitative estimate of drug-likeness (QED) is 0.834. The highest BCUT2D eigenvalue weighted by molar-refractivity contribution is 7.03. The van der Waals surface area contributed by atoms with E-state index in [2.05, 4.69) is 14.9 Å². The first-order chi connectivity index (χ1) is 7.75. The molecule has 0 aliphatic carbocycles. The Morgan fingerprint density at radius 3 is 3.06 bits per heavy atom. The highest BCUT2D eigenvalue weighted by Crippen LogP contribution is 2.11. The van der Waals surface area contributed by atoms with Crippen LogP contribution in [0.25, 0.3) is 0 Å². The van der Waals surface area contributed by atoms with Crippen molar-refractivity contribution in [1.82, 2.24) is 9.59 Å². The van der Waals surface area contributed by atoms with E-state index in [1.807, 2.05) is 11.4 Å². The summed E-state index contributed by atoms with van der Waals surface area (Å²) in [5, 5.41) is 8.91. The second-order valence-corrected chi connectivity index (χ2v) is 3.80. The van der Waals surface area contributed by atoms with Crippen molar-refractivity contribution >= 4 is 23.1 Å². The Morgan fingerprint density at radius 2 is 2.38 bits per heavy atom. The molecule has 3 N–H and O–H groups in total. The molecule has 2 rings (SSSR count). The van der Waals surface area contributed by atoms with Crippen molar-refractivity contribution in [3.63, 3.8) is 0 Å². The maximum atomic E-state index is 11.0. The molecule has 0 aliphatic heterocycles. The highest BCUT2D eigenvalue weighted by atomic mass is 32.1. The van der Waals surface area contributed by atoms with E-state index in [9.17, 15) is 4.79 Å². The lowest BCUT2D eigenvalue weighted by molar-refractivity contribution is 0.100. The first-order valence-corrected chi connectivity index (χ1v) is 5.49. The first kappa shape index (κ1) is 10.6. The lowest BCUT2D eigenvalue weighted by atomic mass is 10.2. The van der Waals surface area contributed by atoms with E-state index in [0.717, 1.165) is 11.4 Å². The number of nitrogens with one attached hydrogen (secondary N) is 1. The van der Waals surface area contributed by atoms with Crippen LogP contribution in [0.5, 0.6) is 0 Å². The van der Waals surface area contributed by atoms with Crippen LogP contribution in [0, 0.1) is 0 Å². The maximum absolute atomic E-state index is 11.0. The number of rotatable bonds is 4. The largest absolute Gasteiger partial charge is 0.379 e. The van der Waals surface area contributed by atoms with Gasteiger partial charge in [-0.2, -0.15) is 0 Å². The van der Waals surface area contributed by atoms with Crippen LogP contribution in [0.15, 0.2) is 29.6 Å². The van der Waals surface area contributed by atoms with Gasteiger partial charge >= 0.3 is 0 Å². The molecule has 1 aromatic carbocycles. The molecule has 0 bridgehead atoms. The minimum absolute atomic E-state index is 0.432. The zero-order valence-corrected chi connectivity index (χ0v) is 9.20. The number of nitrogens with two attached hydrogens (primary N) is 1. The summed E-state index contributed by atoms with van der Waals surface area (Å²) in [6.07, 6.45) is 0. The summed E-state index contributed by atoms with van der Waals surface area (Å²) in [5.41, 5.74) is 7.38. The zero-order chi connectivity index (χ0) is 11.4. The van der Waals surface area contributed by atoms with Gasteiger partial charge in [-0.15, -0.1) is 5.10 Å². The SMILES string of the molecule is NC(=O)c1cccc(NCc2csnn2)c1. The van der Waals surface area contributed by atoms with E-state index in [1.54, 1.807) is 18.2 Å². The van der Waals surface area contributed by atoms with Gasteiger partial charge in [0, 0.05) is 16.6 Å². The molecule has 0 atom stereocenters. The number of nitrogens with zero attached hydrogens (tertiary/aromatic N) is 2. The molecule has 0 saturated heterocycles. The Kier molecular flexibility index (Phi) is 3.11. The Hall–Kier alpha value is -1.95. The molecule has 6 heteroatoms. The van der Waals surface area contributed by atoms with Gasteiger partial charge in [0.25, 0.3) is 0 Å². The molecule has 0 spiro atoms. The normalized spacial score (nSPS) is 10.0. The number of primary amides is 1. The fourth-order valence-electron chi connectivity index (χ4n) is 1.24. The van der Waals surface area contributed by atoms with Crippen LogP contribution in [0.1, 0.15) is 16.1 Å². The number of carbonyl (C=O) groups is 1. The van der Waals surface area contributed by atoms with E-state index < -0.39 is 5.91 Å². The van der Waals surface area contributed by atoms with Crippen LogP contribution in [0.3, 0.4) is 0 Å². The van der Waals surface area contributed by atoms with Crippen molar-refractivity contribution < 1.29 is 4.79 Å². The number of carbonyl (C=O) groups excluding carboxylic acids is 1. The summed E-state index contributed by atoms with van der Waals surface area (Å²) >= 11 is 1.31. The second-order valence-electron chi connectivity index (χ2n) is 3.19. The Balaban J connectivity index is 2.04. The molecule has 0 aliphatic rings. The van der Waals surface area contributed by atoms with Crippen LogP contribution in [-0.4, -0.2) is 15.5 Å².